The van der Waals surface area contributed by atoms with Crippen molar-refractivity contribution in [1.29, 1.82) is 0 Å². The number of rotatable bonds is 4. The van der Waals surface area contributed by atoms with Crippen LogP contribution in [0.4, 0.5) is 0 Å². The number of hydrogen-bond donors (Lipinski definition) is 0. The van der Waals surface area contributed by atoms with Gasteiger partial charge in [0.05, 0.1) is 22.3 Å². The topological polar surface area (TPSA) is 21.1 Å². The number of aromatic nitrogens is 2. The first-order valence-electron chi connectivity index (χ1n) is 7.43. The quantitative estimate of drug-likeness (QED) is 0.834. The Morgan fingerprint density at radius 3 is 2.52 bits per heavy atom. The van der Waals surface area contributed by atoms with Crippen molar-refractivity contribution in [3.05, 3.63) is 40.5 Å². The molecule has 0 bridgehead atoms. The summed E-state index contributed by atoms with van der Waals surface area (Å²) in [4.78, 5) is 2.52. The minimum atomic E-state index is 0.567. The lowest BCUT2D eigenvalue weighted by Gasteiger charge is -2.26. The summed E-state index contributed by atoms with van der Waals surface area (Å²) in [5, 5.41) is 5.76. The van der Waals surface area contributed by atoms with Crippen LogP contribution in [-0.2, 0) is 6.54 Å². The molecule has 0 spiro atoms. The molecule has 1 saturated heterocycles. The summed E-state index contributed by atoms with van der Waals surface area (Å²) in [5.74, 6) is 0. The van der Waals surface area contributed by atoms with E-state index in [0.29, 0.717) is 10.0 Å². The van der Waals surface area contributed by atoms with Crippen molar-refractivity contribution in [1.82, 2.24) is 14.7 Å². The highest BCUT2D eigenvalue weighted by Gasteiger charge is 2.10. The third kappa shape index (κ3) is 3.79. The monoisotopic (exact) mass is 323 g/mol. The minimum Gasteiger partial charge on any atom is -0.301 e. The fourth-order valence-electron chi connectivity index (χ4n) is 2.72. The second kappa shape index (κ2) is 6.82. The van der Waals surface area contributed by atoms with Gasteiger partial charge in [0.1, 0.15) is 0 Å². The lowest BCUT2D eigenvalue weighted by Crippen LogP contribution is -2.32. The molecule has 0 aliphatic carbocycles. The van der Waals surface area contributed by atoms with E-state index in [4.69, 9.17) is 23.2 Å². The summed E-state index contributed by atoms with van der Waals surface area (Å²) < 4.78 is 2.01. The average molecular weight is 324 g/mol. The Bertz CT molecular complexity index is 603. The molecular weight excluding hydrogens is 305 g/mol. The number of hydrogen-bond acceptors (Lipinski definition) is 2. The van der Waals surface area contributed by atoms with Gasteiger partial charge in [-0.15, -0.1) is 0 Å². The lowest BCUT2D eigenvalue weighted by molar-refractivity contribution is 0.218. The predicted molar refractivity (Wildman–Crippen MR) is 88.0 cm³/mol. The first-order chi connectivity index (χ1) is 10.2. The molecule has 5 heteroatoms. The van der Waals surface area contributed by atoms with E-state index >= 15 is 0 Å². The Balaban J connectivity index is 1.63. The van der Waals surface area contributed by atoms with Crippen LogP contribution in [0.3, 0.4) is 0 Å². The molecule has 2 heterocycles. The van der Waals surface area contributed by atoms with Gasteiger partial charge in [-0.1, -0.05) is 35.7 Å². The van der Waals surface area contributed by atoms with Crippen LogP contribution in [0.15, 0.2) is 30.5 Å². The van der Waals surface area contributed by atoms with E-state index in [-0.39, 0.29) is 0 Å². The van der Waals surface area contributed by atoms with E-state index in [2.05, 4.69) is 10.00 Å². The van der Waals surface area contributed by atoms with Crippen LogP contribution in [0, 0.1) is 0 Å². The van der Waals surface area contributed by atoms with Crippen LogP contribution in [0.1, 0.15) is 19.3 Å². The van der Waals surface area contributed by atoms with E-state index < -0.39 is 0 Å². The zero-order chi connectivity index (χ0) is 14.7. The van der Waals surface area contributed by atoms with E-state index in [1.54, 1.807) is 0 Å². The normalized spacial score (nSPS) is 16.3. The summed E-state index contributed by atoms with van der Waals surface area (Å²) in [6.07, 6.45) is 6.06. The summed E-state index contributed by atoms with van der Waals surface area (Å²) in [5.41, 5.74) is 1.94. The van der Waals surface area contributed by atoms with Gasteiger partial charge in [-0.25, -0.2) is 0 Å². The third-order valence-electron chi connectivity index (χ3n) is 3.95. The molecule has 1 aliphatic heterocycles. The predicted octanol–water partition coefficient (Wildman–Crippen LogP) is 4.34. The molecule has 0 atom stereocenters. The molecule has 0 N–H and O–H groups in total. The third-order valence-corrected chi connectivity index (χ3v) is 4.69. The van der Waals surface area contributed by atoms with Gasteiger partial charge in [-0.2, -0.15) is 5.10 Å². The molecule has 0 amide bonds. The van der Waals surface area contributed by atoms with Gasteiger partial charge < -0.3 is 4.90 Å². The Hall–Kier alpha value is -1.03. The summed E-state index contributed by atoms with van der Waals surface area (Å²) in [7, 11) is 0. The minimum absolute atomic E-state index is 0.567. The van der Waals surface area contributed by atoms with Crippen LogP contribution in [0.5, 0.6) is 0 Å². The number of nitrogens with zero attached hydrogens (tertiary/aromatic N) is 3. The van der Waals surface area contributed by atoms with Crippen LogP contribution in [0.25, 0.3) is 11.3 Å². The van der Waals surface area contributed by atoms with Crippen molar-refractivity contribution in [3.8, 4) is 11.3 Å². The molecule has 1 aromatic heterocycles. The molecule has 21 heavy (non-hydrogen) atoms. The van der Waals surface area contributed by atoms with Crippen molar-refractivity contribution in [2.45, 2.75) is 25.8 Å². The zero-order valence-electron chi connectivity index (χ0n) is 11.9. The van der Waals surface area contributed by atoms with Crippen molar-refractivity contribution in [2.24, 2.45) is 0 Å². The molecule has 0 unspecified atom stereocenters. The molecule has 3 rings (SSSR count). The molecule has 3 nitrogen and oxygen atoms in total. The number of halogens is 2. The summed E-state index contributed by atoms with van der Waals surface area (Å²) in [6, 6.07) is 7.65. The molecule has 2 aromatic rings. The highest BCUT2D eigenvalue weighted by molar-refractivity contribution is 6.42. The standard InChI is InChI=1S/C16H19Cl2N3/c17-14-5-4-13(12-15(14)18)16-6-9-21(19-16)11-10-20-7-2-1-3-8-20/h4-6,9,12H,1-3,7-8,10-11H2. The van der Waals surface area contributed by atoms with E-state index in [1.165, 1.54) is 32.4 Å². The molecule has 1 fully saturated rings. The first kappa shape index (κ1) is 14.9. The van der Waals surface area contributed by atoms with Crippen molar-refractivity contribution in [3.63, 3.8) is 0 Å². The number of piperidine rings is 1. The molecule has 112 valence electrons. The van der Waals surface area contributed by atoms with Gasteiger partial charge in [0.15, 0.2) is 0 Å². The smallest absolute Gasteiger partial charge is 0.0923 e. The number of likely N-dealkylation sites (tertiary alicyclic amines) is 1. The zero-order valence-corrected chi connectivity index (χ0v) is 13.4. The highest BCUT2D eigenvalue weighted by Crippen LogP contribution is 2.27. The van der Waals surface area contributed by atoms with Gasteiger partial charge in [0, 0.05) is 18.3 Å². The van der Waals surface area contributed by atoms with Crippen molar-refractivity contribution in [2.75, 3.05) is 19.6 Å². The van der Waals surface area contributed by atoms with Gasteiger partial charge >= 0.3 is 0 Å². The maximum atomic E-state index is 6.06. The highest BCUT2D eigenvalue weighted by atomic mass is 35.5. The lowest BCUT2D eigenvalue weighted by atomic mass is 10.1. The fraction of sp³-hybridized carbons (Fsp3) is 0.438. The van der Waals surface area contributed by atoms with Crippen molar-refractivity contribution < 1.29 is 0 Å². The van der Waals surface area contributed by atoms with Gasteiger partial charge in [-0.3, -0.25) is 4.68 Å². The second-order valence-electron chi connectivity index (χ2n) is 5.50. The maximum Gasteiger partial charge on any atom is 0.0923 e. The van der Waals surface area contributed by atoms with Crippen LogP contribution in [0.2, 0.25) is 10.0 Å². The summed E-state index contributed by atoms with van der Waals surface area (Å²) >= 11 is 12.0. The first-order valence-corrected chi connectivity index (χ1v) is 8.19. The molecular formula is C16H19Cl2N3. The molecule has 0 saturated carbocycles. The fourth-order valence-corrected chi connectivity index (χ4v) is 3.02. The van der Waals surface area contributed by atoms with Crippen molar-refractivity contribution >= 4 is 23.2 Å². The largest absolute Gasteiger partial charge is 0.301 e. The summed E-state index contributed by atoms with van der Waals surface area (Å²) in [6.45, 7) is 4.45. The number of benzene rings is 1. The van der Waals surface area contributed by atoms with E-state index in [9.17, 15) is 0 Å². The molecule has 1 aliphatic rings. The van der Waals surface area contributed by atoms with E-state index in [0.717, 1.165) is 24.3 Å². The Morgan fingerprint density at radius 2 is 1.76 bits per heavy atom. The Kier molecular flexibility index (Phi) is 4.84. The van der Waals surface area contributed by atoms with Gasteiger partial charge in [0.2, 0.25) is 0 Å². The maximum absolute atomic E-state index is 6.06. The Labute approximate surface area is 135 Å². The average Bonchev–Trinajstić information content (AvgIpc) is 2.98. The van der Waals surface area contributed by atoms with Crippen LogP contribution < -0.4 is 0 Å². The van der Waals surface area contributed by atoms with Gasteiger partial charge in [-0.05, 0) is 44.1 Å². The van der Waals surface area contributed by atoms with E-state index in [1.807, 2.05) is 35.1 Å². The Morgan fingerprint density at radius 1 is 0.952 bits per heavy atom. The SMILES string of the molecule is Clc1ccc(-c2ccn(CCN3CCCCC3)n2)cc1Cl. The second-order valence-corrected chi connectivity index (χ2v) is 6.31. The van der Waals surface area contributed by atoms with Crippen LogP contribution in [-0.4, -0.2) is 34.3 Å². The molecule has 0 radical (unpaired) electrons. The van der Waals surface area contributed by atoms with Gasteiger partial charge in [0.25, 0.3) is 0 Å². The van der Waals surface area contributed by atoms with Crippen LogP contribution >= 0.6 is 23.2 Å². The molecule has 1 aromatic carbocycles.